The molecule has 0 saturated heterocycles. The highest BCUT2D eigenvalue weighted by molar-refractivity contribution is 5.28. The first-order valence-electron chi connectivity index (χ1n) is 8.35. The summed E-state index contributed by atoms with van der Waals surface area (Å²) in [6, 6.07) is 9.02. The van der Waals surface area contributed by atoms with Crippen molar-refractivity contribution in [1.29, 1.82) is 0 Å². The Bertz CT molecular complexity index is 415. The third-order valence-electron chi connectivity index (χ3n) is 4.04. The second kappa shape index (κ2) is 8.40. The highest BCUT2D eigenvalue weighted by atomic mass is 16.5. The fourth-order valence-electron chi connectivity index (χ4n) is 2.49. The molecule has 0 aliphatic heterocycles. The standard InChI is InChI=1S/C18H30N2O/c1-4-19-13-17-6-5-7-18(12-17)21-11-10-20(15(2)3)14-16-8-9-16/h5-7,12,15-16,19H,4,8-11,13-14H2,1-3H3. The number of ether oxygens (including phenoxy) is 1. The smallest absolute Gasteiger partial charge is 0.119 e. The number of rotatable bonds is 10. The van der Waals surface area contributed by atoms with Crippen LogP contribution in [0.3, 0.4) is 0 Å². The quantitative estimate of drug-likeness (QED) is 0.715. The molecule has 1 aromatic rings. The maximum atomic E-state index is 5.94. The van der Waals surface area contributed by atoms with Crippen LogP contribution in [0.2, 0.25) is 0 Å². The molecule has 118 valence electrons. The van der Waals surface area contributed by atoms with E-state index in [-0.39, 0.29) is 0 Å². The van der Waals surface area contributed by atoms with Crippen molar-refractivity contribution in [3.8, 4) is 5.75 Å². The molecule has 3 nitrogen and oxygen atoms in total. The molecular formula is C18H30N2O. The lowest BCUT2D eigenvalue weighted by Gasteiger charge is -2.26. The molecule has 1 fully saturated rings. The van der Waals surface area contributed by atoms with Crippen molar-refractivity contribution < 1.29 is 4.74 Å². The van der Waals surface area contributed by atoms with Crippen LogP contribution in [0.5, 0.6) is 5.75 Å². The van der Waals surface area contributed by atoms with Crippen LogP contribution in [0.1, 0.15) is 39.2 Å². The maximum Gasteiger partial charge on any atom is 0.119 e. The average Bonchev–Trinajstić information content (AvgIpc) is 3.28. The lowest BCUT2D eigenvalue weighted by molar-refractivity contribution is 0.170. The predicted molar refractivity (Wildman–Crippen MR) is 88.8 cm³/mol. The van der Waals surface area contributed by atoms with Gasteiger partial charge in [0.05, 0.1) is 0 Å². The van der Waals surface area contributed by atoms with Crippen molar-refractivity contribution in [3.63, 3.8) is 0 Å². The van der Waals surface area contributed by atoms with Gasteiger partial charge < -0.3 is 10.1 Å². The van der Waals surface area contributed by atoms with Gasteiger partial charge in [-0.1, -0.05) is 19.1 Å². The lowest BCUT2D eigenvalue weighted by Crippen LogP contribution is -2.36. The molecule has 1 aliphatic carbocycles. The minimum Gasteiger partial charge on any atom is -0.492 e. The molecule has 0 bridgehead atoms. The van der Waals surface area contributed by atoms with Gasteiger partial charge in [-0.05, 0) is 56.8 Å². The highest BCUT2D eigenvalue weighted by Crippen LogP contribution is 2.30. The van der Waals surface area contributed by atoms with E-state index < -0.39 is 0 Å². The zero-order valence-corrected chi connectivity index (χ0v) is 13.8. The summed E-state index contributed by atoms with van der Waals surface area (Å²) >= 11 is 0. The molecule has 0 spiro atoms. The Balaban J connectivity index is 1.75. The second-order valence-corrected chi connectivity index (χ2v) is 6.31. The van der Waals surface area contributed by atoms with Crippen LogP contribution < -0.4 is 10.1 Å². The minimum absolute atomic E-state index is 0.606. The number of hydrogen-bond acceptors (Lipinski definition) is 3. The van der Waals surface area contributed by atoms with Gasteiger partial charge in [0.15, 0.2) is 0 Å². The Kier molecular flexibility index (Phi) is 6.52. The lowest BCUT2D eigenvalue weighted by atomic mass is 10.2. The van der Waals surface area contributed by atoms with E-state index in [0.717, 1.165) is 37.9 Å². The van der Waals surface area contributed by atoms with E-state index in [0.29, 0.717) is 6.04 Å². The van der Waals surface area contributed by atoms with Crippen molar-refractivity contribution in [2.45, 2.75) is 46.2 Å². The van der Waals surface area contributed by atoms with Crippen molar-refractivity contribution in [1.82, 2.24) is 10.2 Å². The molecule has 0 unspecified atom stereocenters. The van der Waals surface area contributed by atoms with Crippen LogP contribution in [-0.2, 0) is 6.54 Å². The number of hydrogen-bond donors (Lipinski definition) is 1. The average molecular weight is 290 g/mol. The Morgan fingerprint density at radius 1 is 1.33 bits per heavy atom. The Morgan fingerprint density at radius 2 is 2.14 bits per heavy atom. The van der Waals surface area contributed by atoms with Crippen molar-refractivity contribution in [3.05, 3.63) is 29.8 Å². The zero-order chi connectivity index (χ0) is 15.1. The van der Waals surface area contributed by atoms with E-state index >= 15 is 0 Å². The summed E-state index contributed by atoms with van der Waals surface area (Å²) in [6.07, 6.45) is 2.83. The summed E-state index contributed by atoms with van der Waals surface area (Å²) in [6.45, 7) is 11.6. The SMILES string of the molecule is CCNCc1cccc(OCCN(CC2CC2)C(C)C)c1. The summed E-state index contributed by atoms with van der Waals surface area (Å²) in [4.78, 5) is 2.54. The molecule has 2 rings (SSSR count). The van der Waals surface area contributed by atoms with Gasteiger partial charge in [0.1, 0.15) is 12.4 Å². The van der Waals surface area contributed by atoms with Crippen LogP contribution in [0.4, 0.5) is 0 Å². The van der Waals surface area contributed by atoms with Crippen LogP contribution in [0, 0.1) is 5.92 Å². The summed E-state index contributed by atoms with van der Waals surface area (Å²) in [5.41, 5.74) is 1.29. The summed E-state index contributed by atoms with van der Waals surface area (Å²) in [5, 5.41) is 3.35. The first-order valence-corrected chi connectivity index (χ1v) is 8.35. The Hall–Kier alpha value is -1.06. The molecule has 0 aromatic heterocycles. The molecule has 0 atom stereocenters. The number of benzene rings is 1. The van der Waals surface area contributed by atoms with Gasteiger partial charge in [0, 0.05) is 25.7 Å². The summed E-state index contributed by atoms with van der Waals surface area (Å²) in [7, 11) is 0. The van der Waals surface area contributed by atoms with Gasteiger partial charge in [-0.15, -0.1) is 0 Å². The molecular weight excluding hydrogens is 260 g/mol. The Morgan fingerprint density at radius 3 is 2.81 bits per heavy atom. The molecule has 3 heteroatoms. The molecule has 0 radical (unpaired) electrons. The number of nitrogens with zero attached hydrogens (tertiary/aromatic N) is 1. The normalized spacial score (nSPS) is 14.9. The second-order valence-electron chi connectivity index (χ2n) is 6.31. The first kappa shape index (κ1) is 16.3. The van der Waals surface area contributed by atoms with Gasteiger partial charge >= 0.3 is 0 Å². The monoisotopic (exact) mass is 290 g/mol. The van der Waals surface area contributed by atoms with E-state index in [4.69, 9.17) is 4.74 Å². The van der Waals surface area contributed by atoms with E-state index in [2.05, 4.69) is 55.3 Å². The highest BCUT2D eigenvalue weighted by Gasteiger charge is 2.25. The fourth-order valence-corrected chi connectivity index (χ4v) is 2.49. The van der Waals surface area contributed by atoms with Crippen LogP contribution >= 0.6 is 0 Å². The Labute approximate surface area is 129 Å². The molecule has 21 heavy (non-hydrogen) atoms. The van der Waals surface area contributed by atoms with Gasteiger partial charge in [-0.25, -0.2) is 0 Å². The molecule has 1 aliphatic rings. The van der Waals surface area contributed by atoms with Crippen molar-refractivity contribution >= 4 is 0 Å². The topological polar surface area (TPSA) is 24.5 Å². The van der Waals surface area contributed by atoms with Gasteiger partial charge in [0.2, 0.25) is 0 Å². The predicted octanol–water partition coefficient (Wildman–Crippen LogP) is 3.30. The van der Waals surface area contributed by atoms with Crippen LogP contribution in [0.25, 0.3) is 0 Å². The van der Waals surface area contributed by atoms with E-state index in [1.165, 1.54) is 24.9 Å². The van der Waals surface area contributed by atoms with Crippen molar-refractivity contribution in [2.75, 3.05) is 26.2 Å². The van der Waals surface area contributed by atoms with Crippen LogP contribution in [-0.4, -0.2) is 37.2 Å². The molecule has 1 saturated carbocycles. The first-order chi connectivity index (χ1) is 10.2. The van der Waals surface area contributed by atoms with E-state index in [9.17, 15) is 0 Å². The molecule has 1 aromatic carbocycles. The largest absolute Gasteiger partial charge is 0.492 e. The third-order valence-corrected chi connectivity index (χ3v) is 4.04. The fraction of sp³-hybridized carbons (Fsp3) is 0.667. The van der Waals surface area contributed by atoms with Gasteiger partial charge in [-0.2, -0.15) is 0 Å². The summed E-state index contributed by atoms with van der Waals surface area (Å²) in [5.74, 6) is 1.93. The molecule has 0 amide bonds. The van der Waals surface area contributed by atoms with Gasteiger partial charge in [0.25, 0.3) is 0 Å². The maximum absolute atomic E-state index is 5.94. The summed E-state index contributed by atoms with van der Waals surface area (Å²) < 4.78 is 5.94. The minimum atomic E-state index is 0.606. The van der Waals surface area contributed by atoms with Crippen LogP contribution in [0.15, 0.2) is 24.3 Å². The van der Waals surface area contributed by atoms with E-state index in [1.54, 1.807) is 0 Å². The van der Waals surface area contributed by atoms with Gasteiger partial charge in [-0.3, -0.25) is 4.90 Å². The molecule has 1 N–H and O–H groups in total. The molecule has 0 heterocycles. The zero-order valence-electron chi connectivity index (χ0n) is 13.8. The third kappa shape index (κ3) is 6.06. The van der Waals surface area contributed by atoms with Crippen molar-refractivity contribution in [2.24, 2.45) is 5.92 Å². The number of nitrogens with one attached hydrogen (secondary N) is 1. The van der Waals surface area contributed by atoms with E-state index in [1.807, 2.05) is 0 Å².